The van der Waals surface area contributed by atoms with Crippen LogP contribution in [0.25, 0.3) is 20.4 Å². The van der Waals surface area contributed by atoms with Crippen LogP contribution in [-0.4, -0.2) is 54.0 Å². The number of aryl methyl sites for hydroxylation is 13. The molecule has 0 spiro atoms. The predicted octanol–water partition coefficient (Wildman–Crippen LogP) is 16.9. The summed E-state index contributed by atoms with van der Waals surface area (Å²) in [5.41, 5.74) is 9.30. The maximum absolute atomic E-state index is 5.56. The number of nitrogens with zero attached hydrogens (tertiary/aromatic N) is 11. The van der Waals surface area contributed by atoms with Crippen LogP contribution in [0.5, 0.6) is 0 Å². The molecule has 0 aliphatic heterocycles. The SMILES string of the molecule is CC.Cc1cnc(C)s1.Cc1cncs1.Cc1csc(C)n1.Cc1cscn1.Cc1nc(C)c(C)s1.Cc1nc2ccccc2s1.Cc1nc2ccccc2s1.Cn1ccnc1.Cn1cnc(Cl)c1Cl. The Kier molecular flexibility index (Phi) is 30.4. The molecule has 0 saturated heterocycles. The van der Waals surface area contributed by atoms with Gasteiger partial charge in [0.15, 0.2) is 5.15 Å². The molecule has 0 bridgehead atoms. The van der Waals surface area contributed by atoms with Gasteiger partial charge in [-0.05, 0) is 100 Å². The smallest absolute Gasteiger partial charge is 0.166 e. The minimum absolute atomic E-state index is 0.356. The van der Waals surface area contributed by atoms with Gasteiger partial charge in [-0.3, -0.25) is 9.97 Å². The van der Waals surface area contributed by atoms with Crippen LogP contribution in [0.4, 0.5) is 0 Å². The number of aromatic nitrogens is 11. The lowest BCUT2D eigenvalue weighted by atomic mass is 10.3. The number of imidazole rings is 2. The molecule has 0 saturated carbocycles. The lowest BCUT2D eigenvalue weighted by molar-refractivity contribution is 0.913. The van der Waals surface area contributed by atoms with E-state index in [1.54, 1.807) is 110 Å². The van der Waals surface area contributed by atoms with E-state index >= 15 is 0 Å². The maximum atomic E-state index is 5.56. The van der Waals surface area contributed by atoms with Gasteiger partial charge in [0.1, 0.15) is 5.15 Å². The van der Waals surface area contributed by atoms with Crippen LogP contribution in [0.15, 0.2) is 108 Å². The summed E-state index contributed by atoms with van der Waals surface area (Å²) in [6.45, 7) is 26.3. The molecule has 0 amide bonds. The van der Waals surface area contributed by atoms with Crippen LogP contribution in [-0.2, 0) is 14.1 Å². The number of rotatable bonds is 0. The van der Waals surface area contributed by atoms with Crippen LogP contribution in [0, 0.1) is 76.2 Å². The third-order valence-corrected chi connectivity index (χ3v) is 14.8. The lowest BCUT2D eigenvalue weighted by Gasteiger charge is -1.86. The second kappa shape index (κ2) is 34.7. The van der Waals surface area contributed by atoms with Gasteiger partial charge in [-0.15, -0.1) is 79.4 Å². The molecule has 0 radical (unpaired) electrons. The topological polar surface area (TPSA) is 126 Å². The first-order valence-electron chi connectivity index (χ1n) is 21.7. The van der Waals surface area contributed by atoms with Gasteiger partial charge < -0.3 is 9.13 Å². The zero-order valence-electron chi connectivity index (χ0n) is 42.4. The summed E-state index contributed by atoms with van der Waals surface area (Å²) in [5.74, 6) is 0. The molecular weight excluding hydrogens is 1050 g/mol. The first-order chi connectivity index (χ1) is 33.4. The number of fused-ring (bicyclic) bond motifs is 2. The quantitative estimate of drug-likeness (QED) is 0.146. The number of para-hydroxylation sites is 2. The molecule has 9 aromatic heterocycles. The molecule has 374 valence electrons. The van der Waals surface area contributed by atoms with E-state index in [2.05, 4.69) is 76.2 Å². The summed E-state index contributed by atoms with van der Waals surface area (Å²) in [6, 6.07) is 16.4. The third kappa shape index (κ3) is 26.0. The van der Waals surface area contributed by atoms with Crippen molar-refractivity contribution >= 4 is 123 Å². The van der Waals surface area contributed by atoms with Gasteiger partial charge in [-0.25, -0.2) is 34.9 Å². The molecule has 0 N–H and O–H groups in total. The summed E-state index contributed by atoms with van der Waals surface area (Å²) >= 11 is 23.0. The van der Waals surface area contributed by atoms with Crippen molar-refractivity contribution in [2.75, 3.05) is 0 Å². The monoisotopic (exact) mass is 1110 g/mol. The third-order valence-electron chi connectivity index (χ3n) is 7.98. The lowest BCUT2D eigenvalue weighted by Crippen LogP contribution is -1.81. The summed E-state index contributed by atoms with van der Waals surface area (Å²) in [7, 11) is 3.72. The van der Waals surface area contributed by atoms with Gasteiger partial charge >= 0.3 is 0 Å². The minimum atomic E-state index is 0.356. The van der Waals surface area contributed by atoms with E-state index in [1.165, 1.54) is 34.7 Å². The van der Waals surface area contributed by atoms with Crippen molar-refractivity contribution in [2.24, 2.45) is 14.1 Å². The Morgan fingerprint density at radius 3 is 1.33 bits per heavy atom. The molecule has 0 fully saturated rings. The van der Waals surface area contributed by atoms with E-state index in [1.807, 2.05) is 159 Å². The molecule has 0 unspecified atom stereocenters. The van der Waals surface area contributed by atoms with Gasteiger partial charge in [-0.1, -0.05) is 61.3 Å². The predicted molar refractivity (Wildman–Crippen MR) is 310 cm³/mol. The van der Waals surface area contributed by atoms with Crippen LogP contribution in [0.1, 0.15) is 70.6 Å². The normalized spacial score (nSPS) is 9.50. The Balaban J connectivity index is 0.000000270. The highest BCUT2D eigenvalue weighted by molar-refractivity contribution is 7.18. The highest BCUT2D eigenvalue weighted by Gasteiger charge is 2.00. The Hall–Kier alpha value is -4.63. The number of hydrogen-bond donors (Lipinski definition) is 0. The highest BCUT2D eigenvalue weighted by Crippen LogP contribution is 2.21. The molecule has 11 rings (SSSR count). The number of hydrogen-bond acceptors (Lipinski definition) is 16. The van der Waals surface area contributed by atoms with Crippen LogP contribution in [0.2, 0.25) is 10.3 Å². The van der Waals surface area contributed by atoms with Gasteiger partial charge in [-0.2, -0.15) is 0 Å². The Morgan fingerprint density at radius 2 is 1.11 bits per heavy atom. The fourth-order valence-electron chi connectivity index (χ4n) is 4.81. The van der Waals surface area contributed by atoms with E-state index in [0.29, 0.717) is 10.3 Å². The summed E-state index contributed by atoms with van der Waals surface area (Å²) < 4.78 is 6.09. The number of benzene rings is 2. The van der Waals surface area contributed by atoms with Crippen molar-refractivity contribution in [3.05, 3.63) is 175 Å². The fraction of sp³-hybridized carbons (Fsp3) is 0.300. The second-order valence-electron chi connectivity index (χ2n) is 14.2. The molecule has 0 aliphatic rings. The molecule has 9 heterocycles. The van der Waals surface area contributed by atoms with E-state index in [4.69, 9.17) is 23.2 Å². The summed E-state index contributed by atoms with van der Waals surface area (Å²) in [6.07, 6.45) is 10.7. The van der Waals surface area contributed by atoms with Crippen molar-refractivity contribution in [1.29, 1.82) is 0 Å². The summed E-state index contributed by atoms with van der Waals surface area (Å²) in [4.78, 5) is 40.2. The Morgan fingerprint density at radius 1 is 0.514 bits per heavy atom. The van der Waals surface area contributed by atoms with Crippen molar-refractivity contribution in [2.45, 2.75) is 90.0 Å². The van der Waals surface area contributed by atoms with Gasteiger partial charge in [0, 0.05) is 75.7 Å². The van der Waals surface area contributed by atoms with Crippen LogP contribution >= 0.6 is 103 Å². The second-order valence-corrected chi connectivity index (χ2v) is 23.1. The van der Waals surface area contributed by atoms with Crippen molar-refractivity contribution in [3.63, 3.8) is 0 Å². The Labute approximate surface area is 452 Å². The average molecular weight is 1110 g/mol. The molecule has 11 aromatic rings. The van der Waals surface area contributed by atoms with Gasteiger partial charge in [0.2, 0.25) is 0 Å². The molecule has 2 aromatic carbocycles. The molecule has 20 heteroatoms. The van der Waals surface area contributed by atoms with E-state index in [0.717, 1.165) is 42.5 Å². The van der Waals surface area contributed by atoms with Crippen LogP contribution in [0.3, 0.4) is 0 Å². The molecule has 0 atom stereocenters. The minimum Gasteiger partial charge on any atom is -0.341 e. The summed E-state index contributed by atoms with van der Waals surface area (Å²) in [5, 5.41) is 10.6. The highest BCUT2D eigenvalue weighted by atomic mass is 35.5. The van der Waals surface area contributed by atoms with Gasteiger partial charge in [0.05, 0.1) is 74.8 Å². The van der Waals surface area contributed by atoms with Crippen molar-refractivity contribution < 1.29 is 0 Å². The largest absolute Gasteiger partial charge is 0.341 e. The first-order valence-corrected chi connectivity index (χ1v) is 28.4. The van der Waals surface area contributed by atoms with E-state index in [9.17, 15) is 0 Å². The average Bonchev–Trinajstić information content (AvgIpc) is 4.20. The van der Waals surface area contributed by atoms with E-state index < -0.39 is 0 Å². The van der Waals surface area contributed by atoms with Crippen LogP contribution < -0.4 is 0 Å². The van der Waals surface area contributed by atoms with Crippen molar-refractivity contribution in [3.8, 4) is 0 Å². The zero-order valence-corrected chi connectivity index (χ0v) is 49.7. The molecule has 70 heavy (non-hydrogen) atoms. The Bertz CT molecular complexity index is 2670. The molecular formula is C50H63Cl2N11S7. The van der Waals surface area contributed by atoms with Gasteiger partial charge in [0.25, 0.3) is 0 Å². The molecule has 0 aliphatic carbocycles. The number of thiazole rings is 7. The standard InChI is InChI=1S/2C8H7NS.C6H9NS.2C5H7NS.C4H4Cl2N2.C4H6N2.2C4H5NS.C2H6/c2*1-6-9-7-4-2-3-5-8(7)10-6;1-4-5(2)8-6(3)7-4;1-4-3-7-5(2)6-4;1-4-3-6-5(2)7-4;1-8-2-7-3(5)4(8)6;1-6-3-2-5-4-6;1-4-2-6-3-5-4;1-4-2-5-3-6-4;1-2/h2*2-5H,1H3;1-3H3;2*3H,1-2H3;2H,1H3;2-4H,1H3;2*2-3H,1H3;1-2H3. The van der Waals surface area contributed by atoms with E-state index in [-0.39, 0.29) is 0 Å². The number of halogens is 2. The fourth-order valence-corrected chi connectivity index (χ4v) is 9.78. The first kappa shape index (κ1) is 61.5. The molecule has 11 nitrogen and oxygen atoms in total. The van der Waals surface area contributed by atoms with Crippen molar-refractivity contribution in [1.82, 2.24) is 54.0 Å². The maximum Gasteiger partial charge on any atom is 0.166 e. The zero-order chi connectivity index (χ0) is 52.0.